The summed E-state index contributed by atoms with van der Waals surface area (Å²) >= 11 is 3.31. The van der Waals surface area contributed by atoms with E-state index in [0.29, 0.717) is 11.4 Å². The lowest BCUT2D eigenvalue weighted by atomic mass is 10.2. The predicted molar refractivity (Wildman–Crippen MR) is 95.0 cm³/mol. The monoisotopic (exact) mass is 391 g/mol. The van der Waals surface area contributed by atoms with Crippen molar-refractivity contribution in [2.45, 2.75) is 13.3 Å². The maximum Gasteiger partial charge on any atom is 0.344 e. The van der Waals surface area contributed by atoms with Crippen molar-refractivity contribution in [3.05, 3.63) is 58.6 Å². The molecule has 0 bridgehead atoms. The molecule has 5 nitrogen and oxygen atoms in total. The fourth-order valence-electron chi connectivity index (χ4n) is 1.88. The van der Waals surface area contributed by atoms with Crippen molar-refractivity contribution >= 4 is 33.5 Å². The fourth-order valence-corrected chi connectivity index (χ4v) is 2.15. The smallest absolute Gasteiger partial charge is 0.344 e. The first-order valence-corrected chi connectivity index (χ1v) is 8.29. The van der Waals surface area contributed by atoms with Crippen molar-refractivity contribution in [2.24, 2.45) is 0 Å². The van der Waals surface area contributed by atoms with E-state index in [9.17, 15) is 9.59 Å². The Balaban J connectivity index is 1.70. The highest BCUT2D eigenvalue weighted by Gasteiger charge is 2.09. The normalized spacial score (nSPS) is 10.1. The van der Waals surface area contributed by atoms with Crippen molar-refractivity contribution in [1.82, 2.24) is 0 Å². The largest absolute Gasteiger partial charge is 0.482 e. The second-order valence-electron chi connectivity index (χ2n) is 5.00. The number of rotatable bonds is 7. The first-order valence-electron chi connectivity index (χ1n) is 7.49. The number of ether oxygens (including phenoxy) is 2. The number of amides is 1. The van der Waals surface area contributed by atoms with Gasteiger partial charge in [-0.05, 0) is 48.4 Å². The number of nitrogens with one attached hydrogen (secondary N) is 1. The summed E-state index contributed by atoms with van der Waals surface area (Å²) in [7, 11) is 0. The van der Waals surface area contributed by atoms with E-state index in [2.05, 4.69) is 28.2 Å². The molecule has 0 radical (unpaired) electrons. The molecule has 0 spiro atoms. The lowest BCUT2D eigenvalue weighted by molar-refractivity contribution is -0.149. The Morgan fingerprint density at radius 2 is 1.67 bits per heavy atom. The first-order chi connectivity index (χ1) is 11.6. The molecule has 0 fully saturated rings. The van der Waals surface area contributed by atoms with Gasteiger partial charge in [-0.1, -0.05) is 35.0 Å². The quantitative estimate of drug-likeness (QED) is 0.732. The van der Waals surface area contributed by atoms with E-state index in [1.54, 1.807) is 36.4 Å². The van der Waals surface area contributed by atoms with E-state index in [4.69, 9.17) is 9.47 Å². The number of hydrogen-bond acceptors (Lipinski definition) is 4. The van der Waals surface area contributed by atoms with Gasteiger partial charge in [0, 0.05) is 10.2 Å². The van der Waals surface area contributed by atoms with Crippen LogP contribution in [0.5, 0.6) is 5.75 Å². The highest BCUT2D eigenvalue weighted by atomic mass is 79.9. The van der Waals surface area contributed by atoms with Gasteiger partial charge in [0.1, 0.15) is 5.75 Å². The molecule has 24 heavy (non-hydrogen) atoms. The highest BCUT2D eigenvalue weighted by Crippen LogP contribution is 2.14. The Hall–Kier alpha value is -2.34. The Morgan fingerprint density at radius 1 is 1.00 bits per heavy atom. The summed E-state index contributed by atoms with van der Waals surface area (Å²) in [5, 5.41) is 2.63. The van der Waals surface area contributed by atoms with Crippen molar-refractivity contribution in [3.8, 4) is 5.75 Å². The summed E-state index contributed by atoms with van der Waals surface area (Å²) in [6.45, 7) is 1.47. The number of hydrogen-bond donors (Lipinski definition) is 1. The second-order valence-corrected chi connectivity index (χ2v) is 5.92. The number of carbonyl (C=O) groups excluding carboxylic acids is 2. The van der Waals surface area contributed by atoms with Crippen LogP contribution in [0.3, 0.4) is 0 Å². The molecule has 2 aromatic rings. The number of benzene rings is 2. The average Bonchev–Trinajstić information content (AvgIpc) is 2.60. The van der Waals surface area contributed by atoms with Crippen LogP contribution in [-0.2, 0) is 20.7 Å². The molecule has 0 saturated heterocycles. The highest BCUT2D eigenvalue weighted by molar-refractivity contribution is 9.10. The number of halogens is 1. The molecule has 2 rings (SSSR count). The van der Waals surface area contributed by atoms with E-state index in [-0.39, 0.29) is 13.2 Å². The van der Waals surface area contributed by atoms with Gasteiger partial charge in [0.05, 0.1) is 0 Å². The van der Waals surface area contributed by atoms with E-state index < -0.39 is 11.9 Å². The first kappa shape index (κ1) is 18.0. The van der Waals surface area contributed by atoms with Crippen LogP contribution in [0.25, 0.3) is 0 Å². The third kappa shape index (κ3) is 6.04. The Kier molecular flexibility index (Phi) is 6.81. The van der Waals surface area contributed by atoms with Crippen LogP contribution in [0.15, 0.2) is 53.0 Å². The molecule has 0 unspecified atom stereocenters. The summed E-state index contributed by atoms with van der Waals surface area (Å²) in [5.41, 5.74) is 1.82. The third-order valence-electron chi connectivity index (χ3n) is 3.18. The minimum Gasteiger partial charge on any atom is -0.482 e. The summed E-state index contributed by atoms with van der Waals surface area (Å²) in [5.74, 6) is -0.415. The lowest BCUT2D eigenvalue weighted by Gasteiger charge is -2.08. The van der Waals surface area contributed by atoms with E-state index >= 15 is 0 Å². The second kappa shape index (κ2) is 9.08. The number of aryl methyl sites for hydroxylation is 1. The van der Waals surface area contributed by atoms with Crippen LogP contribution in [0.4, 0.5) is 5.69 Å². The molecular formula is C18H18BrNO4. The van der Waals surface area contributed by atoms with Crippen LogP contribution < -0.4 is 10.1 Å². The zero-order valence-electron chi connectivity index (χ0n) is 13.3. The van der Waals surface area contributed by atoms with Crippen LogP contribution in [-0.4, -0.2) is 25.1 Å². The van der Waals surface area contributed by atoms with Gasteiger partial charge < -0.3 is 14.8 Å². The zero-order valence-corrected chi connectivity index (χ0v) is 14.8. The van der Waals surface area contributed by atoms with Crippen LogP contribution in [0.1, 0.15) is 12.5 Å². The molecule has 2 aromatic carbocycles. The maximum absolute atomic E-state index is 11.7. The molecule has 0 heterocycles. The SMILES string of the molecule is CCc1ccc(OCC(=O)OCC(=O)Nc2ccc(Br)cc2)cc1. The van der Waals surface area contributed by atoms with Gasteiger partial charge in [-0.3, -0.25) is 4.79 Å². The van der Waals surface area contributed by atoms with Gasteiger partial charge in [0.15, 0.2) is 13.2 Å². The molecule has 6 heteroatoms. The van der Waals surface area contributed by atoms with Gasteiger partial charge in [-0.15, -0.1) is 0 Å². The Bertz CT molecular complexity index is 683. The number of esters is 1. The molecule has 0 atom stereocenters. The molecule has 0 aromatic heterocycles. The van der Waals surface area contributed by atoms with Gasteiger partial charge in [-0.2, -0.15) is 0 Å². The van der Waals surface area contributed by atoms with Crippen molar-refractivity contribution in [3.63, 3.8) is 0 Å². The third-order valence-corrected chi connectivity index (χ3v) is 3.71. The van der Waals surface area contributed by atoms with E-state index in [0.717, 1.165) is 10.9 Å². The van der Waals surface area contributed by atoms with Crippen molar-refractivity contribution < 1.29 is 19.1 Å². The van der Waals surface area contributed by atoms with Crippen molar-refractivity contribution in [1.29, 1.82) is 0 Å². The molecular weight excluding hydrogens is 374 g/mol. The molecule has 0 aliphatic heterocycles. The topological polar surface area (TPSA) is 64.6 Å². The predicted octanol–water partition coefficient (Wildman–Crippen LogP) is 3.57. The zero-order chi connectivity index (χ0) is 17.4. The molecule has 0 aliphatic carbocycles. The molecule has 0 aliphatic rings. The minimum atomic E-state index is -0.597. The summed E-state index contributed by atoms with van der Waals surface area (Å²) in [6, 6.07) is 14.6. The summed E-state index contributed by atoms with van der Waals surface area (Å²) in [6.07, 6.45) is 0.940. The Morgan fingerprint density at radius 3 is 2.29 bits per heavy atom. The lowest BCUT2D eigenvalue weighted by Crippen LogP contribution is -2.23. The minimum absolute atomic E-state index is 0.239. The van der Waals surface area contributed by atoms with Gasteiger partial charge in [0.25, 0.3) is 5.91 Å². The van der Waals surface area contributed by atoms with Crippen LogP contribution in [0, 0.1) is 0 Å². The fraction of sp³-hybridized carbons (Fsp3) is 0.222. The summed E-state index contributed by atoms with van der Waals surface area (Å²) in [4.78, 5) is 23.3. The standard InChI is InChI=1S/C18H18BrNO4/c1-2-13-3-9-16(10-4-13)23-12-18(22)24-11-17(21)20-15-7-5-14(19)6-8-15/h3-10H,2,11-12H2,1H3,(H,20,21). The molecule has 0 saturated carbocycles. The average molecular weight is 392 g/mol. The van der Waals surface area contributed by atoms with Crippen LogP contribution in [0.2, 0.25) is 0 Å². The maximum atomic E-state index is 11.7. The number of anilines is 1. The number of carbonyl (C=O) groups is 2. The van der Waals surface area contributed by atoms with Crippen LogP contribution >= 0.6 is 15.9 Å². The van der Waals surface area contributed by atoms with E-state index in [1.165, 1.54) is 5.56 Å². The van der Waals surface area contributed by atoms with Gasteiger partial charge >= 0.3 is 5.97 Å². The van der Waals surface area contributed by atoms with E-state index in [1.807, 2.05) is 12.1 Å². The molecule has 1 amide bonds. The molecule has 1 N–H and O–H groups in total. The van der Waals surface area contributed by atoms with Gasteiger partial charge in [0.2, 0.25) is 0 Å². The van der Waals surface area contributed by atoms with Crippen molar-refractivity contribution in [2.75, 3.05) is 18.5 Å². The molecule has 126 valence electrons. The Labute approximate surface area is 149 Å². The summed E-state index contributed by atoms with van der Waals surface area (Å²) < 4.78 is 11.1. The van der Waals surface area contributed by atoms with Gasteiger partial charge in [-0.25, -0.2) is 4.79 Å².